The van der Waals surface area contributed by atoms with Crippen LogP contribution < -0.4 is 4.74 Å². The fourth-order valence-corrected chi connectivity index (χ4v) is 1.93. The number of fused-ring (bicyclic) bond motifs is 1. The van der Waals surface area contributed by atoms with Gasteiger partial charge in [0.15, 0.2) is 0 Å². The van der Waals surface area contributed by atoms with Crippen LogP contribution in [0.5, 0.6) is 5.75 Å². The van der Waals surface area contributed by atoms with E-state index in [-0.39, 0.29) is 0 Å². The van der Waals surface area contributed by atoms with Gasteiger partial charge >= 0.3 is 0 Å². The Bertz CT molecular complexity index is 486. The minimum Gasteiger partial charge on any atom is -0.496 e. The standard InChI is InChI=1S/C12H15NO2/c1-8(14)9-7-13(2)10-5-4-6-11(15-3)12(9)10/h4-8,14H,1-3H3/t8-/m1/s1. The molecule has 80 valence electrons. The highest BCUT2D eigenvalue weighted by Crippen LogP contribution is 2.33. The van der Waals surface area contributed by atoms with Crippen LogP contribution in [0.15, 0.2) is 24.4 Å². The third-order valence-electron chi connectivity index (χ3n) is 2.68. The molecule has 15 heavy (non-hydrogen) atoms. The zero-order chi connectivity index (χ0) is 11.0. The van der Waals surface area contributed by atoms with Gasteiger partial charge in [-0.15, -0.1) is 0 Å². The van der Waals surface area contributed by atoms with Gasteiger partial charge in [-0.05, 0) is 19.1 Å². The fraction of sp³-hybridized carbons (Fsp3) is 0.333. The molecule has 2 aromatic rings. The molecular formula is C12H15NO2. The molecule has 1 aromatic heterocycles. The number of hydrogen-bond acceptors (Lipinski definition) is 2. The summed E-state index contributed by atoms with van der Waals surface area (Å²) in [6.07, 6.45) is 1.46. The molecule has 0 amide bonds. The molecule has 0 spiro atoms. The van der Waals surface area contributed by atoms with E-state index in [9.17, 15) is 5.11 Å². The Morgan fingerprint density at radius 2 is 2.13 bits per heavy atom. The molecule has 3 nitrogen and oxygen atoms in total. The van der Waals surface area contributed by atoms with Crippen LogP contribution in [0.3, 0.4) is 0 Å². The van der Waals surface area contributed by atoms with Gasteiger partial charge in [-0.2, -0.15) is 0 Å². The molecule has 1 N–H and O–H groups in total. The Kier molecular flexibility index (Phi) is 2.40. The summed E-state index contributed by atoms with van der Waals surface area (Å²) >= 11 is 0. The molecule has 0 saturated heterocycles. The summed E-state index contributed by atoms with van der Waals surface area (Å²) in [5.41, 5.74) is 1.98. The third-order valence-corrected chi connectivity index (χ3v) is 2.68. The summed E-state index contributed by atoms with van der Waals surface area (Å²) in [5.74, 6) is 0.809. The van der Waals surface area contributed by atoms with E-state index in [0.717, 1.165) is 22.2 Å². The van der Waals surface area contributed by atoms with Crippen LogP contribution in [0.4, 0.5) is 0 Å². The first kappa shape index (κ1) is 10.1. The molecule has 0 fully saturated rings. The summed E-state index contributed by atoms with van der Waals surface area (Å²) < 4.78 is 7.31. The third kappa shape index (κ3) is 1.49. The van der Waals surface area contributed by atoms with Crippen LogP contribution in [0.2, 0.25) is 0 Å². The Morgan fingerprint density at radius 3 is 2.73 bits per heavy atom. The molecule has 0 aliphatic heterocycles. The predicted octanol–water partition coefficient (Wildman–Crippen LogP) is 2.24. The van der Waals surface area contributed by atoms with Gasteiger partial charge in [0.05, 0.1) is 18.7 Å². The van der Waals surface area contributed by atoms with Crippen LogP contribution in [-0.2, 0) is 7.05 Å². The van der Waals surface area contributed by atoms with Crippen molar-refractivity contribution in [3.05, 3.63) is 30.0 Å². The first-order valence-corrected chi connectivity index (χ1v) is 4.95. The average Bonchev–Trinajstić information content (AvgIpc) is 2.56. The number of aromatic nitrogens is 1. The largest absolute Gasteiger partial charge is 0.496 e. The fourth-order valence-electron chi connectivity index (χ4n) is 1.93. The van der Waals surface area contributed by atoms with E-state index >= 15 is 0 Å². The predicted molar refractivity (Wildman–Crippen MR) is 60.1 cm³/mol. The number of benzene rings is 1. The van der Waals surface area contributed by atoms with Crippen molar-refractivity contribution in [3.8, 4) is 5.75 Å². The lowest BCUT2D eigenvalue weighted by molar-refractivity contribution is 0.200. The van der Waals surface area contributed by atoms with E-state index in [0.29, 0.717) is 0 Å². The lowest BCUT2D eigenvalue weighted by Crippen LogP contribution is -1.90. The molecule has 0 unspecified atom stereocenters. The molecule has 0 bridgehead atoms. The SMILES string of the molecule is COc1cccc2c1c([C@@H](C)O)cn2C. The smallest absolute Gasteiger partial charge is 0.128 e. The lowest BCUT2D eigenvalue weighted by Gasteiger charge is -2.06. The van der Waals surface area contributed by atoms with Crippen molar-refractivity contribution in [2.45, 2.75) is 13.0 Å². The second-order valence-corrected chi connectivity index (χ2v) is 3.73. The molecule has 0 radical (unpaired) electrons. The number of hydrogen-bond donors (Lipinski definition) is 1. The van der Waals surface area contributed by atoms with Gasteiger partial charge in [0.1, 0.15) is 5.75 Å². The summed E-state index contributed by atoms with van der Waals surface area (Å²) in [6.45, 7) is 1.77. The van der Waals surface area contributed by atoms with Crippen molar-refractivity contribution < 1.29 is 9.84 Å². The second kappa shape index (κ2) is 3.59. The number of aliphatic hydroxyl groups excluding tert-OH is 1. The van der Waals surface area contributed by atoms with E-state index in [2.05, 4.69) is 0 Å². The summed E-state index contributed by atoms with van der Waals surface area (Å²) in [5, 5.41) is 10.7. The van der Waals surface area contributed by atoms with Gasteiger partial charge < -0.3 is 14.4 Å². The minimum atomic E-state index is -0.481. The highest BCUT2D eigenvalue weighted by molar-refractivity contribution is 5.90. The van der Waals surface area contributed by atoms with Crippen molar-refractivity contribution in [1.29, 1.82) is 0 Å². The van der Waals surface area contributed by atoms with E-state index in [1.807, 2.05) is 36.0 Å². The number of methoxy groups -OCH3 is 1. The monoisotopic (exact) mass is 205 g/mol. The van der Waals surface area contributed by atoms with Crippen molar-refractivity contribution in [3.63, 3.8) is 0 Å². The molecule has 1 atom stereocenters. The summed E-state index contributed by atoms with van der Waals surface area (Å²) in [7, 11) is 3.61. The van der Waals surface area contributed by atoms with Gasteiger partial charge in [0, 0.05) is 24.2 Å². The highest BCUT2D eigenvalue weighted by Gasteiger charge is 2.14. The summed E-state index contributed by atoms with van der Waals surface area (Å²) in [6, 6.07) is 5.88. The van der Waals surface area contributed by atoms with Crippen LogP contribution in [0, 0.1) is 0 Å². The zero-order valence-corrected chi connectivity index (χ0v) is 9.19. The van der Waals surface area contributed by atoms with Gasteiger partial charge in [-0.3, -0.25) is 0 Å². The van der Waals surface area contributed by atoms with Gasteiger partial charge in [-0.25, -0.2) is 0 Å². The molecule has 1 heterocycles. The molecular weight excluding hydrogens is 190 g/mol. The second-order valence-electron chi connectivity index (χ2n) is 3.73. The summed E-state index contributed by atoms with van der Waals surface area (Å²) in [4.78, 5) is 0. The van der Waals surface area contributed by atoms with Crippen LogP contribution in [-0.4, -0.2) is 16.8 Å². The van der Waals surface area contributed by atoms with Crippen molar-refractivity contribution in [2.24, 2.45) is 7.05 Å². The van der Waals surface area contributed by atoms with Crippen molar-refractivity contribution >= 4 is 10.9 Å². The maximum absolute atomic E-state index is 9.69. The maximum Gasteiger partial charge on any atom is 0.128 e. The highest BCUT2D eigenvalue weighted by atomic mass is 16.5. The number of ether oxygens (including phenoxy) is 1. The minimum absolute atomic E-state index is 0.481. The van der Waals surface area contributed by atoms with Crippen LogP contribution >= 0.6 is 0 Å². The molecule has 3 heteroatoms. The molecule has 0 aliphatic rings. The number of rotatable bonds is 2. The Labute approximate surface area is 88.9 Å². The zero-order valence-electron chi connectivity index (χ0n) is 9.19. The Balaban J connectivity index is 2.82. The Morgan fingerprint density at radius 1 is 1.40 bits per heavy atom. The molecule has 0 saturated carbocycles. The number of aryl methyl sites for hydroxylation is 1. The topological polar surface area (TPSA) is 34.4 Å². The van der Waals surface area contributed by atoms with E-state index in [1.165, 1.54) is 0 Å². The van der Waals surface area contributed by atoms with Gasteiger partial charge in [-0.1, -0.05) is 6.07 Å². The van der Waals surface area contributed by atoms with Gasteiger partial charge in [0.25, 0.3) is 0 Å². The Hall–Kier alpha value is -1.48. The first-order chi connectivity index (χ1) is 7.15. The molecule has 2 rings (SSSR count). The maximum atomic E-state index is 9.69. The normalized spacial score (nSPS) is 13.1. The average molecular weight is 205 g/mol. The van der Waals surface area contributed by atoms with E-state index in [4.69, 9.17) is 4.74 Å². The van der Waals surface area contributed by atoms with E-state index < -0.39 is 6.10 Å². The van der Waals surface area contributed by atoms with Crippen LogP contribution in [0.25, 0.3) is 10.9 Å². The lowest BCUT2D eigenvalue weighted by atomic mass is 10.1. The van der Waals surface area contributed by atoms with Crippen molar-refractivity contribution in [1.82, 2.24) is 4.57 Å². The molecule has 0 aliphatic carbocycles. The van der Waals surface area contributed by atoms with Crippen molar-refractivity contribution in [2.75, 3.05) is 7.11 Å². The van der Waals surface area contributed by atoms with E-state index in [1.54, 1.807) is 14.0 Å². The van der Waals surface area contributed by atoms with Crippen LogP contribution in [0.1, 0.15) is 18.6 Å². The molecule has 1 aromatic carbocycles. The van der Waals surface area contributed by atoms with Gasteiger partial charge in [0.2, 0.25) is 0 Å². The number of nitrogens with zero attached hydrogens (tertiary/aromatic N) is 1. The first-order valence-electron chi connectivity index (χ1n) is 4.95. The quantitative estimate of drug-likeness (QED) is 0.815. The number of aliphatic hydroxyl groups is 1.